The second-order valence-electron chi connectivity index (χ2n) is 9.72. The van der Waals surface area contributed by atoms with E-state index >= 15 is 0 Å². The second kappa shape index (κ2) is 9.44. The summed E-state index contributed by atoms with van der Waals surface area (Å²) in [6, 6.07) is 0. The van der Waals surface area contributed by atoms with Gasteiger partial charge >= 0.3 is 0 Å². The Balaban J connectivity index is 1.32. The summed E-state index contributed by atoms with van der Waals surface area (Å²) < 4.78 is 0. The molecule has 0 radical (unpaired) electrons. The fraction of sp³-hybridized carbons (Fsp3) is 0.917. The Morgan fingerprint density at radius 2 is 1.00 bits per heavy atom. The van der Waals surface area contributed by atoms with Crippen molar-refractivity contribution >= 4 is 0 Å². The molecule has 0 amide bonds. The van der Waals surface area contributed by atoms with Gasteiger partial charge in [0.1, 0.15) is 0 Å². The summed E-state index contributed by atoms with van der Waals surface area (Å²) in [6.07, 6.45) is 26.2. The van der Waals surface area contributed by atoms with Crippen LogP contribution in [-0.2, 0) is 0 Å². The van der Waals surface area contributed by atoms with Crippen LogP contribution in [0.2, 0.25) is 0 Å². The predicted octanol–water partition coefficient (Wildman–Crippen LogP) is 7.78. The smallest absolute Gasteiger partial charge is 0.0233 e. The van der Waals surface area contributed by atoms with Crippen LogP contribution in [0, 0.1) is 35.5 Å². The van der Waals surface area contributed by atoms with E-state index in [0.29, 0.717) is 0 Å². The summed E-state index contributed by atoms with van der Waals surface area (Å²) in [4.78, 5) is 0. The molecule has 0 N–H and O–H groups in total. The van der Waals surface area contributed by atoms with Gasteiger partial charge in [-0.1, -0.05) is 58.1 Å². The normalized spacial score (nSPS) is 41.6. The molecule has 0 aromatic rings. The largest absolute Gasteiger partial charge is 0.0851 e. The summed E-state index contributed by atoms with van der Waals surface area (Å²) in [6.45, 7) is 4.82. The van der Waals surface area contributed by atoms with E-state index < -0.39 is 0 Å². The first-order valence-electron chi connectivity index (χ1n) is 11.4. The summed E-state index contributed by atoms with van der Waals surface area (Å²) in [5, 5.41) is 0. The molecule has 0 aromatic heterocycles. The van der Waals surface area contributed by atoms with E-state index in [1.54, 1.807) is 6.42 Å². The fourth-order valence-electron chi connectivity index (χ4n) is 5.76. The Morgan fingerprint density at radius 1 is 0.583 bits per heavy atom. The third-order valence-corrected chi connectivity index (χ3v) is 7.82. The zero-order chi connectivity index (χ0) is 16.8. The van der Waals surface area contributed by atoms with Crippen molar-refractivity contribution in [1.82, 2.24) is 0 Å². The number of hydrogen-bond acceptors (Lipinski definition) is 0. The zero-order valence-electron chi connectivity index (χ0n) is 16.5. The highest BCUT2D eigenvalue weighted by atomic mass is 14.3. The highest BCUT2D eigenvalue weighted by Crippen LogP contribution is 2.39. The molecule has 0 nitrogen and oxygen atoms in total. The minimum Gasteiger partial charge on any atom is -0.0851 e. The molecule has 3 saturated carbocycles. The van der Waals surface area contributed by atoms with E-state index in [9.17, 15) is 0 Å². The molecule has 3 rings (SSSR count). The maximum absolute atomic E-state index is 2.63. The van der Waals surface area contributed by atoms with Crippen molar-refractivity contribution in [1.29, 1.82) is 0 Å². The Hall–Kier alpha value is -0.260. The molecular formula is C24H42. The van der Waals surface area contributed by atoms with Gasteiger partial charge in [-0.25, -0.2) is 0 Å². The molecular weight excluding hydrogens is 288 g/mol. The quantitative estimate of drug-likeness (QED) is 0.451. The molecule has 0 spiro atoms. The van der Waals surface area contributed by atoms with E-state index in [4.69, 9.17) is 0 Å². The minimum absolute atomic E-state index is 0.912. The van der Waals surface area contributed by atoms with E-state index in [1.165, 1.54) is 83.5 Å². The molecule has 24 heavy (non-hydrogen) atoms. The van der Waals surface area contributed by atoms with Crippen molar-refractivity contribution in [2.75, 3.05) is 0 Å². The Morgan fingerprint density at radius 3 is 1.46 bits per heavy atom. The third-order valence-electron chi connectivity index (χ3n) is 7.82. The molecule has 0 saturated heterocycles. The van der Waals surface area contributed by atoms with Crippen LogP contribution < -0.4 is 0 Å². The zero-order valence-corrected chi connectivity index (χ0v) is 16.5. The summed E-state index contributed by atoms with van der Waals surface area (Å²) >= 11 is 0. The standard InChI is InChI=1S/C24H42/c1-3-20-8-10-21(11-9-20)12-13-22-14-16-24(17-15-22)18-23-6-4-19(2)5-7-23/h12-13,19-24H,3-11,14-18H2,1-2H3/b13-12+. The first-order chi connectivity index (χ1) is 11.7. The van der Waals surface area contributed by atoms with E-state index in [-0.39, 0.29) is 0 Å². The average Bonchev–Trinajstić information content (AvgIpc) is 2.63. The predicted molar refractivity (Wildman–Crippen MR) is 106 cm³/mol. The van der Waals surface area contributed by atoms with Gasteiger partial charge < -0.3 is 0 Å². The molecule has 3 fully saturated rings. The van der Waals surface area contributed by atoms with Crippen LogP contribution in [0.1, 0.15) is 104 Å². The highest BCUT2D eigenvalue weighted by molar-refractivity contribution is 4.96. The van der Waals surface area contributed by atoms with Gasteiger partial charge in [0.25, 0.3) is 0 Å². The summed E-state index contributed by atoms with van der Waals surface area (Å²) in [5.74, 6) is 6.01. The molecule has 0 heterocycles. The minimum atomic E-state index is 0.912. The van der Waals surface area contributed by atoms with Gasteiger partial charge in [0.15, 0.2) is 0 Å². The van der Waals surface area contributed by atoms with Crippen LogP contribution in [-0.4, -0.2) is 0 Å². The van der Waals surface area contributed by atoms with Gasteiger partial charge in [-0.15, -0.1) is 0 Å². The lowest BCUT2D eigenvalue weighted by Crippen LogP contribution is -2.20. The molecule has 3 aliphatic rings. The van der Waals surface area contributed by atoms with Crippen LogP contribution in [0.25, 0.3) is 0 Å². The van der Waals surface area contributed by atoms with Crippen LogP contribution in [0.4, 0.5) is 0 Å². The van der Waals surface area contributed by atoms with Gasteiger partial charge in [0.2, 0.25) is 0 Å². The lowest BCUT2D eigenvalue weighted by molar-refractivity contribution is 0.206. The number of rotatable bonds is 5. The van der Waals surface area contributed by atoms with Gasteiger partial charge in [-0.2, -0.15) is 0 Å². The molecule has 0 heteroatoms. The Bertz CT molecular complexity index is 357. The second-order valence-corrected chi connectivity index (χ2v) is 9.72. The van der Waals surface area contributed by atoms with Gasteiger partial charge in [0, 0.05) is 0 Å². The highest BCUT2D eigenvalue weighted by Gasteiger charge is 2.25. The molecule has 138 valence electrons. The molecule has 0 aromatic carbocycles. The fourth-order valence-corrected chi connectivity index (χ4v) is 5.76. The summed E-state index contributed by atoms with van der Waals surface area (Å²) in [7, 11) is 0. The molecule has 3 aliphatic carbocycles. The molecule has 0 bridgehead atoms. The third kappa shape index (κ3) is 5.63. The van der Waals surface area contributed by atoms with Gasteiger partial charge in [0.05, 0.1) is 0 Å². The SMILES string of the molecule is CCC1CCC(/C=C/C2CCC(CC3CCC(C)CC3)CC2)CC1. The van der Waals surface area contributed by atoms with Crippen LogP contribution >= 0.6 is 0 Å². The monoisotopic (exact) mass is 330 g/mol. The van der Waals surface area contributed by atoms with E-state index in [0.717, 1.165) is 35.5 Å². The van der Waals surface area contributed by atoms with Crippen LogP contribution in [0.15, 0.2) is 12.2 Å². The van der Waals surface area contributed by atoms with Crippen LogP contribution in [0.3, 0.4) is 0 Å². The average molecular weight is 331 g/mol. The van der Waals surface area contributed by atoms with Crippen molar-refractivity contribution in [3.63, 3.8) is 0 Å². The Labute approximate surface area is 151 Å². The molecule has 0 unspecified atom stereocenters. The van der Waals surface area contributed by atoms with Crippen molar-refractivity contribution in [2.24, 2.45) is 35.5 Å². The van der Waals surface area contributed by atoms with Crippen molar-refractivity contribution in [3.8, 4) is 0 Å². The van der Waals surface area contributed by atoms with Crippen molar-refractivity contribution < 1.29 is 0 Å². The maximum Gasteiger partial charge on any atom is -0.0233 e. The van der Waals surface area contributed by atoms with Crippen molar-refractivity contribution in [2.45, 2.75) is 104 Å². The molecule has 0 atom stereocenters. The van der Waals surface area contributed by atoms with Crippen LogP contribution in [0.5, 0.6) is 0 Å². The van der Waals surface area contributed by atoms with Gasteiger partial charge in [-0.3, -0.25) is 0 Å². The van der Waals surface area contributed by atoms with Crippen molar-refractivity contribution in [3.05, 3.63) is 12.2 Å². The van der Waals surface area contributed by atoms with Gasteiger partial charge in [-0.05, 0) is 93.3 Å². The number of hydrogen-bond donors (Lipinski definition) is 0. The van der Waals surface area contributed by atoms with E-state index in [1.807, 2.05) is 0 Å². The lowest BCUT2D eigenvalue weighted by Gasteiger charge is -2.33. The first-order valence-corrected chi connectivity index (χ1v) is 11.4. The Kier molecular flexibility index (Phi) is 7.29. The lowest BCUT2D eigenvalue weighted by atomic mass is 9.73. The number of allylic oxidation sites excluding steroid dienone is 2. The van der Waals surface area contributed by atoms with E-state index in [2.05, 4.69) is 26.0 Å². The maximum atomic E-state index is 2.63. The summed E-state index contributed by atoms with van der Waals surface area (Å²) in [5.41, 5.74) is 0. The molecule has 0 aliphatic heterocycles. The first kappa shape index (κ1) is 18.5. The topological polar surface area (TPSA) is 0 Å².